The number of carbonyl (C=O) groups is 1. The highest BCUT2D eigenvalue weighted by molar-refractivity contribution is 7.98. The van der Waals surface area contributed by atoms with Crippen LogP contribution < -0.4 is 5.32 Å². The summed E-state index contributed by atoms with van der Waals surface area (Å²) < 4.78 is 28.3. The van der Waals surface area contributed by atoms with E-state index in [9.17, 15) is 13.2 Å². The van der Waals surface area contributed by atoms with Crippen molar-refractivity contribution < 1.29 is 13.2 Å². The molecular weight excluding hydrogens is 428 g/mol. The van der Waals surface area contributed by atoms with Gasteiger partial charge in [-0.1, -0.05) is 18.2 Å². The summed E-state index contributed by atoms with van der Waals surface area (Å²) in [5.41, 5.74) is 4.67. The summed E-state index contributed by atoms with van der Waals surface area (Å²) in [6, 6.07) is 10.2. The summed E-state index contributed by atoms with van der Waals surface area (Å²) in [5.74, 6) is -0.150. The molecule has 2 aromatic carbocycles. The number of sulfonamides is 1. The molecular formula is C24H32N2O3S2. The number of rotatable bonds is 6. The number of aryl methyl sites for hydroxylation is 2. The van der Waals surface area contributed by atoms with E-state index in [-0.39, 0.29) is 11.8 Å². The van der Waals surface area contributed by atoms with Gasteiger partial charge in [-0.3, -0.25) is 4.79 Å². The second kappa shape index (κ2) is 9.76. The molecule has 0 atom stereocenters. The first-order chi connectivity index (χ1) is 14.6. The third-order valence-corrected chi connectivity index (χ3v) is 9.26. The van der Waals surface area contributed by atoms with E-state index in [4.69, 9.17) is 0 Å². The normalized spacial score (nSPS) is 15.8. The third kappa shape index (κ3) is 5.16. The van der Waals surface area contributed by atoms with Crippen LogP contribution >= 0.6 is 11.8 Å². The Morgan fingerprint density at radius 3 is 2.10 bits per heavy atom. The molecule has 0 saturated carbocycles. The number of nitrogens with zero attached hydrogens (tertiary/aromatic N) is 1. The van der Waals surface area contributed by atoms with Gasteiger partial charge in [-0.05, 0) is 86.7 Å². The van der Waals surface area contributed by atoms with Crippen LogP contribution in [-0.2, 0) is 21.4 Å². The molecule has 7 heteroatoms. The maximum atomic E-state index is 13.4. The van der Waals surface area contributed by atoms with E-state index >= 15 is 0 Å². The SMILES string of the molecule is CSc1ccc(CNC(=O)C2CCN(S(=O)(=O)c3c(C)c(C)cc(C)c3C)CC2)cc1. The molecule has 0 aromatic heterocycles. The molecule has 3 rings (SSSR count). The van der Waals surface area contributed by atoms with Crippen LogP contribution in [0.1, 0.15) is 40.7 Å². The van der Waals surface area contributed by atoms with Gasteiger partial charge in [0.1, 0.15) is 0 Å². The van der Waals surface area contributed by atoms with Gasteiger partial charge in [0.15, 0.2) is 0 Å². The largest absolute Gasteiger partial charge is 0.352 e. The number of piperidine rings is 1. The number of hydrogen-bond acceptors (Lipinski definition) is 4. The van der Waals surface area contributed by atoms with Crippen molar-refractivity contribution in [3.63, 3.8) is 0 Å². The zero-order valence-electron chi connectivity index (χ0n) is 19.0. The Labute approximate surface area is 190 Å². The number of carbonyl (C=O) groups excluding carboxylic acids is 1. The van der Waals surface area contributed by atoms with Crippen molar-refractivity contribution in [1.29, 1.82) is 0 Å². The summed E-state index contributed by atoms with van der Waals surface area (Å²) >= 11 is 1.69. The fraction of sp³-hybridized carbons (Fsp3) is 0.458. The maximum absolute atomic E-state index is 13.4. The van der Waals surface area contributed by atoms with E-state index < -0.39 is 10.0 Å². The Kier molecular flexibility index (Phi) is 7.50. The molecule has 1 heterocycles. The molecule has 0 spiro atoms. The lowest BCUT2D eigenvalue weighted by molar-refractivity contribution is -0.126. The summed E-state index contributed by atoms with van der Waals surface area (Å²) in [6.45, 7) is 8.88. The van der Waals surface area contributed by atoms with Gasteiger partial charge < -0.3 is 5.32 Å². The van der Waals surface area contributed by atoms with Crippen LogP contribution in [0.4, 0.5) is 0 Å². The first-order valence-electron chi connectivity index (χ1n) is 10.6. The molecule has 1 N–H and O–H groups in total. The third-order valence-electron chi connectivity index (χ3n) is 6.35. The first-order valence-corrected chi connectivity index (χ1v) is 13.3. The van der Waals surface area contributed by atoms with Crippen molar-refractivity contribution in [3.05, 3.63) is 58.1 Å². The second-order valence-electron chi connectivity index (χ2n) is 8.33. The van der Waals surface area contributed by atoms with Crippen LogP contribution in [0, 0.1) is 33.6 Å². The van der Waals surface area contributed by atoms with Gasteiger partial charge in [0.2, 0.25) is 15.9 Å². The Morgan fingerprint density at radius 1 is 1.03 bits per heavy atom. The Bertz CT molecular complexity index is 1030. The predicted molar refractivity (Wildman–Crippen MR) is 127 cm³/mol. The number of hydrogen-bond donors (Lipinski definition) is 1. The Balaban J connectivity index is 1.63. The van der Waals surface area contributed by atoms with Crippen molar-refractivity contribution in [2.24, 2.45) is 5.92 Å². The lowest BCUT2D eigenvalue weighted by Gasteiger charge is -2.31. The fourth-order valence-electron chi connectivity index (χ4n) is 4.13. The van der Waals surface area contributed by atoms with E-state index in [0.717, 1.165) is 27.8 Å². The molecule has 1 saturated heterocycles. The van der Waals surface area contributed by atoms with Crippen LogP contribution in [0.5, 0.6) is 0 Å². The molecule has 168 valence electrons. The van der Waals surface area contributed by atoms with E-state index in [2.05, 4.69) is 5.32 Å². The zero-order valence-corrected chi connectivity index (χ0v) is 20.6. The van der Waals surface area contributed by atoms with Gasteiger partial charge in [0.05, 0.1) is 4.90 Å². The van der Waals surface area contributed by atoms with Crippen LogP contribution in [0.2, 0.25) is 0 Å². The number of amides is 1. The highest BCUT2D eigenvalue weighted by atomic mass is 32.2. The minimum atomic E-state index is -3.58. The quantitative estimate of drug-likeness (QED) is 0.651. The zero-order chi connectivity index (χ0) is 22.8. The van der Waals surface area contributed by atoms with E-state index in [1.54, 1.807) is 16.1 Å². The molecule has 1 amide bonds. The lowest BCUT2D eigenvalue weighted by Crippen LogP contribution is -2.43. The van der Waals surface area contributed by atoms with Gasteiger partial charge in [0, 0.05) is 30.4 Å². The minimum Gasteiger partial charge on any atom is -0.352 e. The lowest BCUT2D eigenvalue weighted by atomic mass is 9.97. The standard InChI is InChI=1S/C24H32N2O3S2/c1-16-14-17(2)19(4)23(18(16)3)31(28,29)26-12-10-21(11-13-26)24(27)25-15-20-6-8-22(30-5)9-7-20/h6-9,14,21H,10-13,15H2,1-5H3,(H,25,27). The van der Waals surface area contributed by atoms with Gasteiger partial charge in [-0.15, -0.1) is 11.8 Å². The number of thioether (sulfide) groups is 1. The number of benzene rings is 2. The summed E-state index contributed by atoms with van der Waals surface area (Å²) in [5, 5.41) is 3.01. The van der Waals surface area contributed by atoms with Crippen molar-refractivity contribution >= 4 is 27.7 Å². The molecule has 0 bridgehead atoms. The van der Waals surface area contributed by atoms with Crippen molar-refractivity contribution in [2.75, 3.05) is 19.3 Å². The minimum absolute atomic E-state index is 0.00440. The molecule has 1 aliphatic rings. The summed E-state index contributed by atoms with van der Waals surface area (Å²) in [7, 11) is -3.58. The van der Waals surface area contributed by atoms with Crippen molar-refractivity contribution in [1.82, 2.24) is 9.62 Å². The van der Waals surface area contributed by atoms with Crippen LogP contribution in [-0.4, -0.2) is 38.0 Å². The smallest absolute Gasteiger partial charge is 0.243 e. The van der Waals surface area contributed by atoms with Crippen LogP contribution in [0.25, 0.3) is 0 Å². The topological polar surface area (TPSA) is 66.5 Å². The van der Waals surface area contributed by atoms with Gasteiger partial charge >= 0.3 is 0 Å². The number of nitrogens with one attached hydrogen (secondary N) is 1. The summed E-state index contributed by atoms with van der Waals surface area (Å²) in [6.07, 6.45) is 3.12. The van der Waals surface area contributed by atoms with Crippen LogP contribution in [0.15, 0.2) is 40.1 Å². The molecule has 5 nitrogen and oxygen atoms in total. The molecule has 0 unspecified atom stereocenters. The fourth-order valence-corrected chi connectivity index (χ4v) is 6.59. The molecule has 31 heavy (non-hydrogen) atoms. The van der Waals surface area contributed by atoms with Crippen molar-refractivity contribution in [3.8, 4) is 0 Å². The van der Waals surface area contributed by atoms with E-state index in [1.165, 1.54) is 4.90 Å². The second-order valence-corrected chi connectivity index (χ2v) is 11.1. The maximum Gasteiger partial charge on any atom is 0.243 e. The molecule has 1 aliphatic heterocycles. The molecule has 0 radical (unpaired) electrons. The highest BCUT2D eigenvalue weighted by Crippen LogP contribution is 2.31. The van der Waals surface area contributed by atoms with Gasteiger partial charge in [0.25, 0.3) is 0 Å². The van der Waals surface area contributed by atoms with E-state index in [1.807, 2.05) is 64.3 Å². The van der Waals surface area contributed by atoms with Gasteiger partial charge in [-0.25, -0.2) is 8.42 Å². The Hall–Kier alpha value is -1.83. The highest BCUT2D eigenvalue weighted by Gasteiger charge is 2.34. The Morgan fingerprint density at radius 2 is 1.58 bits per heavy atom. The molecule has 1 fully saturated rings. The predicted octanol–water partition coefficient (Wildman–Crippen LogP) is 4.36. The average molecular weight is 461 g/mol. The van der Waals surface area contributed by atoms with Gasteiger partial charge in [-0.2, -0.15) is 4.31 Å². The summed E-state index contributed by atoms with van der Waals surface area (Å²) in [4.78, 5) is 14.3. The molecule has 2 aromatic rings. The first kappa shape index (κ1) is 23.8. The van der Waals surface area contributed by atoms with Crippen LogP contribution in [0.3, 0.4) is 0 Å². The van der Waals surface area contributed by atoms with E-state index in [0.29, 0.717) is 37.4 Å². The van der Waals surface area contributed by atoms with Crippen molar-refractivity contribution in [2.45, 2.75) is 56.9 Å². The average Bonchev–Trinajstić information content (AvgIpc) is 2.76. The monoisotopic (exact) mass is 460 g/mol. The molecule has 0 aliphatic carbocycles.